The Kier molecular flexibility index (Phi) is 11.5. The number of aryl methyl sites for hydroxylation is 6. The second-order valence-corrected chi connectivity index (χ2v) is 14.2. The maximum absolute atomic E-state index is 4.70. The van der Waals surface area contributed by atoms with Crippen LogP contribution < -0.4 is 19.6 Å². The summed E-state index contributed by atoms with van der Waals surface area (Å²) in [6.07, 6.45) is 9.56. The van der Waals surface area contributed by atoms with Crippen LogP contribution in [0.1, 0.15) is 46.5 Å². The van der Waals surface area contributed by atoms with Crippen LogP contribution in [0.3, 0.4) is 0 Å². The predicted molar refractivity (Wildman–Crippen MR) is 222 cm³/mol. The third kappa shape index (κ3) is 7.90. The number of benzene rings is 3. The molecule has 7 aromatic rings. The summed E-state index contributed by atoms with van der Waals surface area (Å²) in [5.74, 6) is 1.92. The molecule has 9 nitrogen and oxygen atoms in total. The van der Waals surface area contributed by atoms with Gasteiger partial charge in [-0.05, 0) is 64.0 Å². The van der Waals surface area contributed by atoms with Crippen molar-refractivity contribution in [3.05, 3.63) is 163 Å². The number of aromatic nitrogens is 5. The summed E-state index contributed by atoms with van der Waals surface area (Å²) in [5, 5.41) is 0. The normalized spacial score (nSPS) is 13.0. The number of imidazole rings is 1. The van der Waals surface area contributed by atoms with Gasteiger partial charge in [-0.2, -0.15) is 59.9 Å². The molecule has 2 aliphatic heterocycles. The molecule has 56 heavy (non-hydrogen) atoms. The minimum atomic E-state index is 0. The average Bonchev–Trinajstić information content (AvgIpc) is 3.84. The van der Waals surface area contributed by atoms with Crippen LogP contribution in [-0.4, -0.2) is 37.4 Å². The first-order valence-electron chi connectivity index (χ1n) is 18.7. The molecule has 0 saturated heterocycles. The van der Waals surface area contributed by atoms with Crippen LogP contribution in [0.25, 0.3) is 16.9 Å². The molecule has 0 fully saturated rings. The van der Waals surface area contributed by atoms with E-state index in [2.05, 4.69) is 137 Å². The number of hydrogen-bond donors (Lipinski definition) is 0. The smallest absolute Gasteiger partial charge is 0.124 e. The number of fused-ring (bicyclic) bond motifs is 3. The molecule has 10 heteroatoms. The third-order valence-electron chi connectivity index (χ3n) is 9.93. The van der Waals surface area contributed by atoms with Gasteiger partial charge in [-0.1, -0.05) is 27.7 Å². The van der Waals surface area contributed by atoms with Crippen LogP contribution in [-0.2, 0) is 20.1 Å². The van der Waals surface area contributed by atoms with E-state index >= 15 is 0 Å². The molecule has 4 aromatic heterocycles. The molecule has 0 amide bonds. The first-order chi connectivity index (χ1) is 26.7. The van der Waals surface area contributed by atoms with Gasteiger partial charge >= 0.3 is 0 Å². The Morgan fingerprint density at radius 3 is 1.73 bits per heavy atom. The van der Waals surface area contributed by atoms with E-state index in [-0.39, 0.29) is 20.1 Å². The van der Waals surface area contributed by atoms with Crippen molar-refractivity contribution >= 4 is 40.0 Å². The second-order valence-electron chi connectivity index (χ2n) is 14.2. The van der Waals surface area contributed by atoms with E-state index in [1.165, 1.54) is 11.1 Å². The fourth-order valence-corrected chi connectivity index (χ4v) is 7.33. The quantitative estimate of drug-likeness (QED) is 0.110. The van der Waals surface area contributed by atoms with E-state index in [1.807, 2.05) is 61.9 Å². The number of pyridine rings is 2. The minimum Gasteiger partial charge on any atom is -0.500 e. The van der Waals surface area contributed by atoms with E-state index in [4.69, 9.17) is 9.97 Å². The summed E-state index contributed by atoms with van der Waals surface area (Å²) in [6.45, 7) is 18.7. The van der Waals surface area contributed by atoms with Gasteiger partial charge in [0.15, 0.2) is 0 Å². The fourth-order valence-electron chi connectivity index (χ4n) is 7.33. The van der Waals surface area contributed by atoms with Gasteiger partial charge in [0.05, 0.1) is 5.69 Å². The van der Waals surface area contributed by atoms with Gasteiger partial charge in [-0.15, -0.1) is 59.4 Å². The zero-order valence-corrected chi connectivity index (χ0v) is 35.0. The molecule has 3 aromatic carbocycles. The molecule has 0 saturated carbocycles. The van der Waals surface area contributed by atoms with Crippen molar-refractivity contribution in [2.45, 2.75) is 54.4 Å². The molecule has 0 N–H and O–H groups in total. The van der Waals surface area contributed by atoms with E-state index in [0.29, 0.717) is 0 Å². The maximum atomic E-state index is 4.70. The Balaban J connectivity index is 0.000000223. The monoisotopic (exact) mass is 915 g/mol. The van der Waals surface area contributed by atoms with Crippen molar-refractivity contribution < 1.29 is 20.1 Å². The summed E-state index contributed by atoms with van der Waals surface area (Å²) in [4.78, 5) is 27.3. The summed E-state index contributed by atoms with van der Waals surface area (Å²) in [5.41, 5.74) is 14.0. The average molecular weight is 915 g/mol. The molecule has 0 spiro atoms. The van der Waals surface area contributed by atoms with Gasteiger partial charge in [0.1, 0.15) is 17.3 Å². The van der Waals surface area contributed by atoms with Crippen molar-refractivity contribution in [1.29, 1.82) is 0 Å². The topological polar surface area (TPSA) is 68.9 Å². The van der Waals surface area contributed by atoms with Gasteiger partial charge in [0.2, 0.25) is 0 Å². The summed E-state index contributed by atoms with van der Waals surface area (Å²) in [7, 11) is 0. The van der Waals surface area contributed by atoms with Crippen molar-refractivity contribution in [3.63, 3.8) is 0 Å². The van der Waals surface area contributed by atoms with E-state index in [1.54, 1.807) is 6.20 Å². The third-order valence-corrected chi connectivity index (χ3v) is 9.93. The van der Waals surface area contributed by atoms with Gasteiger partial charge < -0.3 is 24.0 Å². The van der Waals surface area contributed by atoms with Crippen LogP contribution >= 0.6 is 0 Å². The van der Waals surface area contributed by atoms with Crippen molar-refractivity contribution in [3.8, 4) is 11.3 Å². The maximum Gasteiger partial charge on any atom is 0.124 e. The predicted octanol–water partition coefficient (Wildman–Crippen LogP) is 9.76. The number of unbranched alkanes of at least 4 members (excludes halogenated alkanes) is 1. The summed E-state index contributed by atoms with van der Waals surface area (Å²) < 4.78 is 2.07. The first-order valence-corrected chi connectivity index (χ1v) is 18.7. The standard InChI is InChI=1S/C32H32N6.C14H12N3.Ir/c1-23-15-24(2)18-27(17-23)37-21-35(29-9-7-11-33-31(29)37)13-5-6-14-36-22-38(32-30(36)10-8-12-34-32)28-19-25(3)16-26(4)20-28;1-10-11(2)17-9-8-15-13(14(17)16-10)12-6-4-3-5-7-12;/h7-12,15-17,19,21-22H,5-6,13-14H2,1-4H3;3-6,8-9H,1-2H3;/q-4;-1;. The molecule has 0 atom stereocenters. The van der Waals surface area contributed by atoms with E-state index in [9.17, 15) is 0 Å². The molecule has 2 aliphatic rings. The molecular formula is C46H44IrN9-5. The Labute approximate surface area is 344 Å². The number of hydrogen-bond acceptors (Lipinski definition) is 8. The van der Waals surface area contributed by atoms with Gasteiger partial charge in [0.25, 0.3) is 0 Å². The Morgan fingerprint density at radius 1 is 0.643 bits per heavy atom. The van der Waals surface area contributed by atoms with Crippen molar-refractivity contribution in [2.75, 3.05) is 32.7 Å². The van der Waals surface area contributed by atoms with Gasteiger partial charge in [-0.25, -0.2) is 15.0 Å². The van der Waals surface area contributed by atoms with Crippen LogP contribution in [0, 0.1) is 73.1 Å². The summed E-state index contributed by atoms with van der Waals surface area (Å²) >= 11 is 0. The SMILES string of the molecule is Cc1[c-]c(N2[CH-]N(CCCCN3[CH-]N(c4[c-]c(C)cc(C)c4)c4ncccc43)c3cccnc32)cc(C)c1.Cc1nc2c(-c3[c-]cccc3)nccn2c1C.[Ir]. The molecule has 0 unspecified atom stereocenters. The molecular weight excluding hydrogens is 871 g/mol. The van der Waals surface area contributed by atoms with E-state index in [0.717, 1.165) is 99.7 Å². The first kappa shape index (κ1) is 38.7. The van der Waals surface area contributed by atoms with Gasteiger partial charge in [0, 0.05) is 67.7 Å². The number of nitrogens with zero attached hydrogens (tertiary/aromatic N) is 9. The number of anilines is 6. The van der Waals surface area contributed by atoms with E-state index < -0.39 is 0 Å². The Morgan fingerprint density at radius 2 is 1.21 bits per heavy atom. The van der Waals surface area contributed by atoms with Crippen molar-refractivity contribution in [2.24, 2.45) is 0 Å². The Hall–Kier alpha value is -5.57. The van der Waals surface area contributed by atoms with Crippen molar-refractivity contribution in [1.82, 2.24) is 24.3 Å². The minimum absolute atomic E-state index is 0. The van der Waals surface area contributed by atoms with Crippen LogP contribution in [0.4, 0.5) is 34.4 Å². The Bertz CT molecular complexity index is 2310. The fraction of sp³-hybridized carbons (Fsp3) is 0.217. The number of rotatable bonds is 8. The molecule has 1 radical (unpaired) electrons. The molecule has 0 bridgehead atoms. The molecule has 0 aliphatic carbocycles. The van der Waals surface area contributed by atoms with Crippen LogP contribution in [0.2, 0.25) is 0 Å². The zero-order chi connectivity index (χ0) is 38.1. The van der Waals surface area contributed by atoms with Crippen LogP contribution in [0.15, 0.2) is 97.6 Å². The molecule has 287 valence electrons. The van der Waals surface area contributed by atoms with Gasteiger partial charge in [-0.3, -0.25) is 4.98 Å². The second kappa shape index (κ2) is 16.7. The van der Waals surface area contributed by atoms with Crippen LogP contribution in [0.5, 0.6) is 0 Å². The largest absolute Gasteiger partial charge is 0.500 e. The zero-order valence-electron chi connectivity index (χ0n) is 32.6. The molecule has 9 rings (SSSR count). The molecule has 6 heterocycles. The summed E-state index contributed by atoms with van der Waals surface area (Å²) in [6, 6.07) is 35.0.